The van der Waals surface area contributed by atoms with Crippen LogP contribution in [0.25, 0.3) is 0 Å². The first-order chi connectivity index (χ1) is 3.31. The second-order valence-corrected chi connectivity index (χ2v) is 0.537. The Morgan fingerprint density at radius 1 is 2.17 bits per heavy atom. The van der Waals surface area contributed by atoms with Crippen molar-refractivity contribution in [2.45, 2.75) is 0 Å². The molecular weight excluding hydrogens is 86.0 g/mol. The van der Waals surface area contributed by atoms with Crippen molar-refractivity contribution in [3.05, 3.63) is 0 Å². The Morgan fingerprint density at radius 3 is 3.00 bits per heavy atom. The quantitative estimate of drug-likeness (QED) is 0.356. The standard InChI is InChI=1S/C2H5NO3/c1-5-6-2(3)4/h1H3,(H2,3,4)/i/hT. The molecule has 0 aromatic heterocycles. The van der Waals surface area contributed by atoms with Crippen LogP contribution < -0.4 is 5.73 Å². The lowest BCUT2D eigenvalue weighted by Crippen LogP contribution is -2.11. The number of nitrogens with two attached hydrogens (primary N) is 1. The molecule has 0 aromatic rings. The predicted octanol–water partition coefficient (Wildman–Crippen LogP) is -0.357. The van der Waals surface area contributed by atoms with Gasteiger partial charge in [-0.1, -0.05) is 0 Å². The zero-order valence-corrected chi connectivity index (χ0v) is 3.22. The van der Waals surface area contributed by atoms with Crippen molar-refractivity contribution in [3.63, 3.8) is 0 Å². The highest BCUT2D eigenvalue weighted by atomic mass is 17.2. The van der Waals surface area contributed by atoms with Crippen LogP contribution in [0, 0.1) is 0 Å². The number of carbonyl (C=O) groups excluding carboxylic acids is 1. The van der Waals surface area contributed by atoms with E-state index < -0.39 is 6.09 Å². The first kappa shape index (κ1) is 3.42. The van der Waals surface area contributed by atoms with Crippen molar-refractivity contribution in [2.24, 2.45) is 5.73 Å². The molecule has 0 saturated heterocycles. The zero-order valence-electron chi connectivity index (χ0n) is 4.22. The van der Waals surface area contributed by atoms with Crippen molar-refractivity contribution < 1.29 is 16.0 Å². The number of hydrogen-bond donors (Lipinski definition) is 1. The Bertz CT molecular complexity index is 66.0. The molecule has 0 heterocycles. The second-order valence-electron chi connectivity index (χ2n) is 0.537. The summed E-state index contributed by atoms with van der Waals surface area (Å²) in [6, 6.07) is 0. The summed E-state index contributed by atoms with van der Waals surface area (Å²) in [5.41, 5.74) is 1.43. The molecule has 0 aliphatic rings. The van der Waals surface area contributed by atoms with E-state index in [2.05, 4.69) is 9.78 Å². The van der Waals surface area contributed by atoms with Gasteiger partial charge >= 0.3 is 6.09 Å². The Balaban J connectivity index is 3.00. The van der Waals surface area contributed by atoms with Crippen molar-refractivity contribution in [1.82, 2.24) is 0 Å². The van der Waals surface area contributed by atoms with Crippen LogP contribution in [0.5, 0.6) is 0 Å². The number of carbonyl (C=O) groups is 1. The fraction of sp³-hybridized carbons (Fsp3) is 0.500. The molecule has 0 atom stereocenters. The maximum Gasteiger partial charge on any atom is 0.436 e. The van der Waals surface area contributed by atoms with E-state index >= 15 is 0 Å². The molecule has 0 fully saturated rings. The smallest absolute Gasteiger partial charge is 0.333 e. The lowest BCUT2D eigenvalue weighted by Gasteiger charge is -1.87. The molecule has 36 valence electrons. The first-order valence-corrected chi connectivity index (χ1v) is 1.23. The molecule has 0 rings (SSSR count). The Kier molecular flexibility index (Phi) is 1.41. The molecule has 4 heteroatoms. The minimum Gasteiger partial charge on any atom is -0.333 e. The Hall–Kier alpha value is -0.770. The fourth-order valence-electron chi connectivity index (χ4n) is 0.0757. The van der Waals surface area contributed by atoms with Crippen molar-refractivity contribution in [1.29, 1.82) is 0 Å². The molecule has 6 heavy (non-hydrogen) atoms. The van der Waals surface area contributed by atoms with Crippen molar-refractivity contribution in [2.75, 3.05) is 7.11 Å². The lowest BCUT2D eigenvalue weighted by atomic mass is 11.3. The van der Waals surface area contributed by atoms with Gasteiger partial charge in [0.05, 0.1) is 7.11 Å². The Labute approximate surface area is 36.2 Å². The van der Waals surface area contributed by atoms with Crippen LogP contribution in [0.3, 0.4) is 0 Å². The van der Waals surface area contributed by atoms with Crippen LogP contribution in [0.15, 0.2) is 0 Å². The van der Waals surface area contributed by atoms with E-state index in [4.69, 9.17) is 1.41 Å². The monoisotopic (exact) mass is 93.0 g/mol. The van der Waals surface area contributed by atoms with Gasteiger partial charge in [0.1, 0.15) is 0 Å². The van der Waals surface area contributed by atoms with Gasteiger partial charge in [0.15, 0.2) is 1.41 Å². The van der Waals surface area contributed by atoms with Crippen LogP contribution in [-0.4, -0.2) is 13.2 Å². The van der Waals surface area contributed by atoms with Gasteiger partial charge in [-0.05, 0) is 0 Å². The second kappa shape index (κ2) is 2.47. The van der Waals surface area contributed by atoms with E-state index in [1.54, 1.807) is 0 Å². The minimum absolute atomic E-state index is 0.928. The average Bonchev–Trinajstić information content (AvgIpc) is 1.68. The molecule has 0 radical (unpaired) electrons. The van der Waals surface area contributed by atoms with E-state index in [1.165, 1.54) is 12.8 Å². The lowest BCUT2D eigenvalue weighted by molar-refractivity contribution is -0.210. The van der Waals surface area contributed by atoms with Gasteiger partial charge in [0.2, 0.25) is 0 Å². The van der Waals surface area contributed by atoms with Gasteiger partial charge < -0.3 is 5.73 Å². The maximum atomic E-state index is 9.77. The van der Waals surface area contributed by atoms with Gasteiger partial charge in [-0.2, -0.15) is 4.89 Å². The van der Waals surface area contributed by atoms with Crippen LogP contribution in [0.4, 0.5) is 4.79 Å². The first-order valence-electron chi connectivity index (χ1n) is 1.73. The molecule has 2 N–H and O–H groups in total. The summed E-state index contributed by atoms with van der Waals surface area (Å²) in [6.07, 6.45) is -0.928. The highest BCUT2D eigenvalue weighted by Gasteiger charge is 1.84. The zero-order chi connectivity index (χ0) is 5.70. The van der Waals surface area contributed by atoms with Crippen LogP contribution in [-0.2, 0) is 9.78 Å². The van der Waals surface area contributed by atoms with E-state index in [0.29, 0.717) is 0 Å². The molecule has 4 nitrogen and oxygen atoms in total. The van der Waals surface area contributed by atoms with Crippen LogP contribution in [0.2, 0.25) is 1.41 Å². The van der Waals surface area contributed by atoms with E-state index in [1.807, 2.05) is 0 Å². The Morgan fingerprint density at radius 2 is 2.83 bits per heavy atom. The normalized spacial score (nSPS) is 9.17. The number of primary amides is 1. The summed E-state index contributed by atoms with van der Waals surface area (Å²) >= 11 is 0. The van der Waals surface area contributed by atoms with Crippen LogP contribution in [0.1, 0.15) is 0 Å². The highest BCUT2D eigenvalue weighted by molar-refractivity contribution is 5.63. The molecule has 0 aliphatic carbocycles. The van der Waals surface area contributed by atoms with Gasteiger partial charge in [0, 0.05) is 0 Å². The number of hydrogen-bond acceptors (Lipinski definition) is 3. The van der Waals surface area contributed by atoms with E-state index in [-0.39, 0.29) is 0 Å². The number of rotatable bonds is 1. The summed E-state index contributed by atoms with van der Waals surface area (Å²) < 4.78 is 6.11. The fourth-order valence-corrected chi connectivity index (χ4v) is 0.0757. The van der Waals surface area contributed by atoms with Crippen molar-refractivity contribution in [3.8, 4) is 0 Å². The van der Waals surface area contributed by atoms with Crippen LogP contribution >= 0.6 is 0 Å². The SMILES string of the molecule is [3H]NC(=O)OOC. The summed E-state index contributed by atoms with van der Waals surface area (Å²) in [7, 11) is 1.18. The molecule has 0 spiro atoms. The molecule has 0 aliphatic heterocycles. The summed E-state index contributed by atoms with van der Waals surface area (Å²) in [5, 5.41) is 0. The molecule has 1 amide bonds. The van der Waals surface area contributed by atoms with Crippen molar-refractivity contribution >= 4 is 6.09 Å². The van der Waals surface area contributed by atoms with Gasteiger partial charge in [-0.15, -0.1) is 0 Å². The molecule has 0 saturated carbocycles. The predicted molar refractivity (Wildman–Crippen MR) is 17.7 cm³/mol. The maximum absolute atomic E-state index is 9.77. The highest BCUT2D eigenvalue weighted by Crippen LogP contribution is 1.66. The summed E-state index contributed by atoms with van der Waals surface area (Å²) in [6.45, 7) is 0. The molecule has 0 aromatic carbocycles. The minimum atomic E-state index is -0.928. The van der Waals surface area contributed by atoms with Gasteiger partial charge in [0.25, 0.3) is 0 Å². The average molecular weight is 93.1 g/mol. The molecular formula is C2H5NO3. The van der Waals surface area contributed by atoms with E-state index in [0.717, 1.165) is 0 Å². The summed E-state index contributed by atoms with van der Waals surface area (Å²) in [5.74, 6) is 0. The van der Waals surface area contributed by atoms with Gasteiger partial charge in [-0.3, -0.25) is 4.89 Å². The largest absolute Gasteiger partial charge is 0.436 e. The third-order valence-electron chi connectivity index (χ3n) is 0.159. The third kappa shape index (κ3) is 3.23. The molecule has 0 unspecified atom stereocenters. The molecule has 0 bridgehead atoms. The topological polar surface area (TPSA) is 61.6 Å². The summed E-state index contributed by atoms with van der Waals surface area (Å²) in [4.78, 5) is 17.4. The number of amides is 1. The van der Waals surface area contributed by atoms with E-state index in [9.17, 15) is 4.79 Å². The van der Waals surface area contributed by atoms with Gasteiger partial charge in [-0.25, -0.2) is 4.79 Å². The third-order valence-corrected chi connectivity index (χ3v) is 0.159.